The number of rotatable bonds is 4. The van der Waals surface area contributed by atoms with Crippen molar-refractivity contribution < 1.29 is 0 Å². The largest absolute Gasteiger partial charge is 0.301 e. The summed E-state index contributed by atoms with van der Waals surface area (Å²) in [4.78, 5) is 21.9. The third-order valence-electron chi connectivity index (χ3n) is 4.22. The minimum Gasteiger partial charge on any atom is -0.301 e. The van der Waals surface area contributed by atoms with Crippen LogP contribution in [-0.4, -0.2) is 37.4 Å². The smallest absolute Gasteiger partial charge is 0.256 e. The SMILES string of the molecule is CCn1ncc(CN2CCc3nc(SC)[nH]c(=O)c3C2)c1C. The van der Waals surface area contributed by atoms with E-state index in [1.807, 2.05) is 17.1 Å². The molecule has 7 heteroatoms. The summed E-state index contributed by atoms with van der Waals surface area (Å²) in [5.41, 5.74) is 4.20. The Kier molecular flexibility index (Phi) is 4.35. The van der Waals surface area contributed by atoms with E-state index in [1.165, 1.54) is 23.0 Å². The Morgan fingerprint density at radius 1 is 1.45 bits per heavy atom. The molecule has 2 aromatic rings. The Morgan fingerprint density at radius 2 is 2.27 bits per heavy atom. The van der Waals surface area contributed by atoms with Crippen molar-refractivity contribution in [1.82, 2.24) is 24.6 Å². The molecule has 0 atom stereocenters. The first kappa shape index (κ1) is 15.3. The molecule has 0 spiro atoms. The van der Waals surface area contributed by atoms with Gasteiger partial charge in [0.2, 0.25) is 0 Å². The molecule has 3 rings (SSSR count). The van der Waals surface area contributed by atoms with E-state index in [9.17, 15) is 4.79 Å². The van der Waals surface area contributed by atoms with Crippen LogP contribution >= 0.6 is 11.8 Å². The predicted octanol–water partition coefficient (Wildman–Crippen LogP) is 1.57. The highest BCUT2D eigenvalue weighted by Crippen LogP contribution is 2.19. The Bertz CT molecular complexity index is 736. The lowest BCUT2D eigenvalue weighted by Crippen LogP contribution is -2.35. The Balaban J connectivity index is 1.79. The minimum absolute atomic E-state index is 0.0000234. The van der Waals surface area contributed by atoms with Crippen molar-refractivity contribution in [2.45, 2.75) is 45.1 Å². The molecule has 0 aromatic carbocycles. The van der Waals surface area contributed by atoms with Crippen LogP contribution in [0.2, 0.25) is 0 Å². The van der Waals surface area contributed by atoms with Crippen LogP contribution in [0.1, 0.15) is 29.4 Å². The summed E-state index contributed by atoms with van der Waals surface area (Å²) in [5.74, 6) is 0. The Morgan fingerprint density at radius 3 is 2.95 bits per heavy atom. The number of H-pyrrole nitrogens is 1. The second-order valence-corrected chi connectivity index (χ2v) is 6.33. The number of fused-ring (bicyclic) bond motifs is 1. The van der Waals surface area contributed by atoms with Gasteiger partial charge in [0.15, 0.2) is 5.16 Å². The van der Waals surface area contributed by atoms with Crippen molar-refractivity contribution in [2.75, 3.05) is 12.8 Å². The topological polar surface area (TPSA) is 66.8 Å². The number of hydrogen-bond acceptors (Lipinski definition) is 5. The van der Waals surface area contributed by atoms with Crippen LogP contribution in [0.4, 0.5) is 0 Å². The van der Waals surface area contributed by atoms with E-state index in [0.29, 0.717) is 11.7 Å². The van der Waals surface area contributed by atoms with Crippen LogP contribution in [0.25, 0.3) is 0 Å². The van der Waals surface area contributed by atoms with Crippen molar-refractivity contribution in [2.24, 2.45) is 0 Å². The average molecular weight is 319 g/mol. The Hall–Kier alpha value is -1.60. The fourth-order valence-corrected chi connectivity index (χ4v) is 3.29. The first-order valence-electron chi connectivity index (χ1n) is 7.52. The number of nitrogens with zero attached hydrogens (tertiary/aromatic N) is 4. The van der Waals surface area contributed by atoms with Crippen molar-refractivity contribution >= 4 is 11.8 Å². The third kappa shape index (κ3) is 2.83. The standard InChI is InChI=1S/C15H21N5OS/c1-4-20-10(2)11(7-16-20)8-19-6-5-13-12(9-19)14(21)18-15(17-13)22-3/h7H,4-6,8-9H2,1-3H3,(H,17,18,21). The fourth-order valence-electron chi connectivity index (χ4n) is 2.89. The lowest BCUT2D eigenvalue weighted by Gasteiger charge is -2.27. The lowest BCUT2D eigenvalue weighted by molar-refractivity contribution is 0.240. The van der Waals surface area contributed by atoms with Gasteiger partial charge in [0.1, 0.15) is 0 Å². The van der Waals surface area contributed by atoms with Gasteiger partial charge in [-0.2, -0.15) is 5.10 Å². The van der Waals surface area contributed by atoms with E-state index in [1.54, 1.807) is 0 Å². The number of aromatic nitrogens is 4. The first-order valence-corrected chi connectivity index (χ1v) is 8.74. The molecule has 0 amide bonds. The molecule has 22 heavy (non-hydrogen) atoms. The molecule has 0 unspecified atom stereocenters. The molecule has 0 bridgehead atoms. The summed E-state index contributed by atoms with van der Waals surface area (Å²) in [6.07, 6.45) is 4.69. The highest BCUT2D eigenvalue weighted by atomic mass is 32.2. The zero-order valence-electron chi connectivity index (χ0n) is 13.2. The van der Waals surface area contributed by atoms with Gasteiger partial charge < -0.3 is 4.98 Å². The average Bonchev–Trinajstić information content (AvgIpc) is 2.88. The van der Waals surface area contributed by atoms with Gasteiger partial charge >= 0.3 is 0 Å². The summed E-state index contributed by atoms with van der Waals surface area (Å²) in [6.45, 7) is 7.49. The van der Waals surface area contributed by atoms with Gasteiger partial charge in [-0.15, -0.1) is 0 Å². The zero-order chi connectivity index (χ0) is 15.7. The maximum atomic E-state index is 12.2. The molecular weight excluding hydrogens is 298 g/mol. The monoisotopic (exact) mass is 319 g/mol. The molecule has 0 aliphatic carbocycles. The Labute approximate surface area is 133 Å². The molecule has 1 aliphatic heterocycles. The number of hydrogen-bond donors (Lipinski definition) is 1. The van der Waals surface area contributed by atoms with Gasteiger partial charge in [0, 0.05) is 43.9 Å². The van der Waals surface area contributed by atoms with Crippen molar-refractivity contribution in [3.63, 3.8) is 0 Å². The van der Waals surface area contributed by atoms with Crippen LogP contribution in [0.15, 0.2) is 16.1 Å². The van der Waals surface area contributed by atoms with Crippen LogP contribution < -0.4 is 5.56 Å². The lowest BCUT2D eigenvalue weighted by atomic mass is 10.1. The molecule has 1 N–H and O–H groups in total. The van der Waals surface area contributed by atoms with Crippen LogP contribution in [0.5, 0.6) is 0 Å². The van der Waals surface area contributed by atoms with Gasteiger partial charge in [-0.1, -0.05) is 11.8 Å². The second-order valence-electron chi connectivity index (χ2n) is 5.53. The van der Waals surface area contributed by atoms with Gasteiger partial charge in [-0.3, -0.25) is 14.4 Å². The van der Waals surface area contributed by atoms with Gasteiger partial charge in [0.05, 0.1) is 17.5 Å². The third-order valence-corrected chi connectivity index (χ3v) is 4.80. The number of thioether (sulfide) groups is 1. The van der Waals surface area contributed by atoms with Crippen LogP contribution in [0, 0.1) is 6.92 Å². The molecule has 0 fully saturated rings. The zero-order valence-corrected chi connectivity index (χ0v) is 14.0. The van der Waals surface area contributed by atoms with E-state index in [2.05, 4.69) is 33.8 Å². The molecule has 6 nitrogen and oxygen atoms in total. The molecule has 2 aromatic heterocycles. The molecular formula is C15H21N5OS. The summed E-state index contributed by atoms with van der Waals surface area (Å²) in [7, 11) is 0. The minimum atomic E-state index is 0.0000234. The van der Waals surface area contributed by atoms with Crippen molar-refractivity contribution in [3.8, 4) is 0 Å². The number of aryl methyl sites for hydroxylation is 1. The fraction of sp³-hybridized carbons (Fsp3) is 0.533. The van der Waals surface area contributed by atoms with Gasteiger partial charge in [0.25, 0.3) is 5.56 Å². The van der Waals surface area contributed by atoms with Gasteiger partial charge in [-0.25, -0.2) is 4.98 Å². The van der Waals surface area contributed by atoms with Crippen LogP contribution in [0.3, 0.4) is 0 Å². The van der Waals surface area contributed by atoms with E-state index in [-0.39, 0.29) is 5.56 Å². The van der Waals surface area contributed by atoms with Crippen LogP contribution in [-0.2, 0) is 26.1 Å². The molecule has 0 saturated heterocycles. The summed E-state index contributed by atoms with van der Waals surface area (Å²) < 4.78 is 2.01. The maximum Gasteiger partial charge on any atom is 0.256 e. The normalized spacial score (nSPS) is 15.0. The molecule has 0 radical (unpaired) electrons. The quantitative estimate of drug-likeness (QED) is 0.684. The summed E-state index contributed by atoms with van der Waals surface area (Å²) in [5, 5.41) is 5.10. The molecule has 3 heterocycles. The van der Waals surface area contributed by atoms with E-state index >= 15 is 0 Å². The maximum absolute atomic E-state index is 12.2. The van der Waals surface area contributed by atoms with E-state index in [4.69, 9.17) is 0 Å². The van der Waals surface area contributed by atoms with E-state index < -0.39 is 0 Å². The van der Waals surface area contributed by atoms with Crippen molar-refractivity contribution in [3.05, 3.63) is 39.1 Å². The highest BCUT2D eigenvalue weighted by Gasteiger charge is 2.22. The van der Waals surface area contributed by atoms with Gasteiger partial charge in [-0.05, 0) is 20.1 Å². The summed E-state index contributed by atoms with van der Waals surface area (Å²) >= 11 is 1.48. The molecule has 1 aliphatic rings. The highest BCUT2D eigenvalue weighted by molar-refractivity contribution is 7.98. The second kappa shape index (κ2) is 6.26. The van der Waals surface area contributed by atoms with Crippen molar-refractivity contribution in [1.29, 1.82) is 0 Å². The number of aromatic amines is 1. The first-order chi connectivity index (χ1) is 10.6. The molecule has 0 saturated carbocycles. The summed E-state index contributed by atoms with van der Waals surface area (Å²) in [6, 6.07) is 0. The number of nitrogens with one attached hydrogen (secondary N) is 1. The van der Waals surface area contributed by atoms with E-state index in [0.717, 1.165) is 37.3 Å². The molecule has 118 valence electrons. The predicted molar refractivity (Wildman–Crippen MR) is 87.1 cm³/mol.